The minimum Gasteiger partial charge on any atom is -0.352 e. The number of likely N-dealkylation sites (tertiary alicyclic amines) is 1. The highest BCUT2D eigenvalue weighted by Crippen LogP contribution is 2.18. The van der Waals surface area contributed by atoms with Crippen molar-refractivity contribution in [3.63, 3.8) is 0 Å². The third-order valence-corrected chi connectivity index (χ3v) is 4.92. The molecule has 1 fully saturated rings. The summed E-state index contributed by atoms with van der Waals surface area (Å²) < 4.78 is 0. The molecule has 1 aliphatic rings. The number of aromatic amines is 1. The van der Waals surface area contributed by atoms with Crippen molar-refractivity contribution in [2.24, 2.45) is 5.92 Å². The quantitative estimate of drug-likeness (QED) is 0.764. The second kappa shape index (κ2) is 9.48. The van der Waals surface area contributed by atoms with Crippen molar-refractivity contribution in [3.05, 3.63) is 47.8 Å². The number of aryl methyl sites for hydroxylation is 1. The van der Waals surface area contributed by atoms with Crippen LogP contribution in [0, 0.1) is 5.92 Å². The van der Waals surface area contributed by atoms with Crippen molar-refractivity contribution in [2.75, 3.05) is 19.6 Å². The highest BCUT2D eigenvalue weighted by Gasteiger charge is 2.21. The van der Waals surface area contributed by atoms with Gasteiger partial charge in [0, 0.05) is 50.3 Å². The number of pyridine rings is 1. The van der Waals surface area contributed by atoms with Crippen LogP contribution in [-0.2, 0) is 13.0 Å². The Morgan fingerprint density at radius 2 is 2.35 bits per heavy atom. The summed E-state index contributed by atoms with van der Waals surface area (Å²) in [7, 11) is 0. The van der Waals surface area contributed by atoms with Crippen LogP contribution in [0.1, 0.15) is 54.5 Å². The third-order valence-electron chi connectivity index (χ3n) is 4.92. The molecule has 3 rings (SSSR count). The number of imidazole rings is 1. The van der Waals surface area contributed by atoms with E-state index in [4.69, 9.17) is 0 Å². The van der Waals surface area contributed by atoms with Gasteiger partial charge in [0.05, 0.1) is 5.56 Å². The molecule has 0 bridgehead atoms. The zero-order valence-electron chi connectivity index (χ0n) is 15.6. The molecule has 0 saturated carbocycles. The molecular formula is C20H29N5O. The summed E-state index contributed by atoms with van der Waals surface area (Å²) in [5.41, 5.74) is 1.81. The second-order valence-corrected chi connectivity index (χ2v) is 7.15. The number of rotatable bonds is 8. The minimum absolute atomic E-state index is 0.0376. The summed E-state index contributed by atoms with van der Waals surface area (Å²) in [6, 6.07) is 3.58. The van der Waals surface area contributed by atoms with Crippen LogP contribution in [0.3, 0.4) is 0 Å². The lowest BCUT2D eigenvalue weighted by molar-refractivity contribution is 0.0930. The molecule has 2 N–H and O–H groups in total. The molecule has 6 heteroatoms. The Labute approximate surface area is 155 Å². The lowest BCUT2D eigenvalue weighted by Crippen LogP contribution is -2.40. The SMILES string of the molecule is CCCCc1ncc(CN2CCC[C@@H](CNC(=O)c3cccnc3)C2)[nH]1. The van der Waals surface area contributed by atoms with Gasteiger partial charge in [-0.1, -0.05) is 13.3 Å². The maximum Gasteiger partial charge on any atom is 0.252 e. The summed E-state index contributed by atoms with van der Waals surface area (Å²) >= 11 is 0. The van der Waals surface area contributed by atoms with Crippen LogP contribution >= 0.6 is 0 Å². The number of hydrogen-bond acceptors (Lipinski definition) is 4. The number of nitrogens with one attached hydrogen (secondary N) is 2. The lowest BCUT2D eigenvalue weighted by atomic mass is 9.97. The van der Waals surface area contributed by atoms with Gasteiger partial charge in [-0.3, -0.25) is 14.7 Å². The summed E-state index contributed by atoms with van der Waals surface area (Å²) in [5, 5.41) is 3.05. The largest absolute Gasteiger partial charge is 0.352 e. The number of aromatic nitrogens is 3. The maximum absolute atomic E-state index is 12.2. The number of carbonyl (C=O) groups excluding carboxylic acids is 1. The Balaban J connectivity index is 1.45. The van der Waals surface area contributed by atoms with Crippen molar-refractivity contribution in [1.82, 2.24) is 25.2 Å². The number of hydrogen-bond donors (Lipinski definition) is 2. The molecule has 1 saturated heterocycles. The van der Waals surface area contributed by atoms with Crippen molar-refractivity contribution >= 4 is 5.91 Å². The Bertz CT molecular complexity index is 685. The van der Waals surface area contributed by atoms with Crippen LogP contribution in [0.5, 0.6) is 0 Å². The molecule has 0 spiro atoms. The maximum atomic E-state index is 12.2. The molecule has 6 nitrogen and oxygen atoms in total. The van der Waals surface area contributed by atoms with E-state index in [2.05, 4.69) is 32.1 Å². The van der Waals surface area contributed by atoms with E-state index in [0.717, 1.165) is 44.8 Å². The van der Waals surface area contributed by atoms with Crippen molar-refractivity contribution in [3.8, 4) is 0 Å². The summed E-state index contributed by atoms with van der Waals surface area (Å²) in [6.07, 6.45) is 11.0. The fourth-order valence-corrected chi connectivity index (χ4v) is 3.50. The molecule has 0 unspecified atom stereocenters. The predicted molar refractivity (Wildman–Crippen MR) is 102 cm³/mol. The number of amides is 1. The first-order valence-electron chi connectivity index (χ1n) is 9.68. The molecule has 2 aromatic rings. The zero-order chi connectivity index (χ0) is 18.2. The fourth-order valence-electron chi connectivity index (χ4n) is 3.50. The Kier molecular flexibility index (Phi) is 6.77. The molecule has 0 aliphatic carbocycles. The molecule has 140 valence electrons. The van der Waals surface area contributed by atoms with E-state index in [1.54, 1.807) is 24.5 Å². The molecule has 0 aromatic carbocycles. The number of nitrogens with zero attached hydrogens (tertiary/aromatic N) is 3. The van der Waals surface area contributed by atoms with Crippen LogP contribution in [0.2, 0.25) is 0 Å². The summed E-state index contributed by atoms with van der Waals surface area (Å²) in [5.74, 6) is 1.55. The molecule has 0 radical (unpaired) electrons. The monoisotopic (exact) mass is 355 g/mol. The molecular weight excluding hydrogens is 326 g/mol. The van der Waals surface area contributed by atoms with Gasteiger partial charge >= 0.3 is 0 Å². The summed E-state index contributed by atoms with van der Waals surface area (Å²) in [4.78, 5) is 26.6. The van der Waals surface area contributed by atoms with E-state index in [-0.39, 0.29) is 5.91 Å². The van der Waals surface area contributed by atoms with E-state index in [1.165, 1.54) is 25.0 Å². The van der Waals surface area contributed by atoms with Gasteiger partial charge in [-0.15, -0.1) is 0 Å². The minimum atomic E-state index is -0.0376. The first-order chi connectivity index (χ1) is 12.7. The zero-order valence-corrected chi connectivity index (χ0v) is 15.6. The van der Waals surface area contributed by atoms with Crippen molar-refractivity contribution in [1.29, 1.82) is 0 Å². The standard InChI is InChI=1S/C20H29N5O/c1-2-3-8-19-22-13-18(24-19)15-25-10-5-6-16(14-25)11-23-20(26)17-7-4-9-21-12-17/h4,7,9,12-13,16H,2-3,5-6,8,10-11,14-15H2,1H3,(H,22,24)(H,23,26)/t16-/m0/s1. The van der Waals surface area contributed by atoms with E-state index in [1.807, 2.05) is 6.20 Å². The number of carbonyl (C=O) groups is 1. The number of piperidine rings is 1. The number of unbranched alkanes of at least 4 members (excludes halogenated alkanes) is 1. The first-order valence-corrected chi connectivity index (χ1v) is 9.68. The molecule has 1 aliphatic heterocycles. The average molecular weight is 355 g/mol. The van der Waals surface area contributed by atoms with Gasteiger partial charge in [-0.25, -0.2) is 4.98 Å². The van der Waals surface area contributed by atoms with Gasteiger partial charge in [0.2, 0.25) is 0 Å². The van der Waals surface area contributed by atoms with Crippen molar-refractivity contribution < 1.29 is 4.79 Å². The Morgan fingerprint density at radius 1 is 1.42 bits per heavy atom. The van der Waals surface area contributed by atoms with Crippen LogP contribution in [0.25, 0.3) is 0 Å². The molecule has 1 amide bonds. The smallest absolute Gasteiger partial charge is 0.252 e. The van der Waals surface area contributed by atoms with E-state index < -0.39 is 0 Å². The van der Waals surface area contributed by atoms with Crippen molar-refractivity contribution in [2.45, 2.75) is 45.6 Å². The molecule has 1 atom stereocenters. The number of H-pyrrole nitrogens is 1. The molecule has 2 aromatic heterocycles. The second-order valence-electron chi connectivity index (χ2n) is 7.15. The van der Waals surface area contributed by atoms with Crippen LogP contribution < -0.4 is 5.32 Å². The van der Waals surface area contributed by atoms with Crippen LogP contribution in [0.15, 0.2) is 30.7 Å². The lowest BCUT2D eigenvalue weighted by Gasteiger charge is -2.32. The first kappa shape index (κ1) is 18.6. The van der Waals surface area contributed by atoms with E-state index >= 15 is 0 Å². The predicted octanol–water partition coefficient (Wildman–Crippen LogP) is 2.79. The Hall–Kier alpha value is -2.21. The highest BCUT2D eigenvalue weighted by atomic mass is 16.1. The van der Waals surface area contributed by atoms with Crippen LogP contribution in [0.4, 0.5) is 0 Å². The average Bonchev–Trinajstić information content (AvgIpc) is 3.12. The Morgan fingerprint density at radius 3 is 3.15 bits per heavy atom. The van der Waals surface area contributed by atoms with E-state index in [9.17, 15) is 4.79 Å². The van der Waals surface area contributed by atoms with Gasteiger partial charge in [-0.05, 0) is 43.9 Å². The van der Waals surface area contributed by atoms with Gasteiger partial charge in [0.25, 0.3) is 5.91 Å². The summed E-state index contributed by atoms with van der Waals surface area (Å²) in [6.45, 7) is 5.94. The van der Waals surface area contributed by atoms with Crippen LogP contribution in [-0.4, -0.2) is 45.4 Å². The fraction of sp³-hybridized carbons (Fsp3) is 0.550. The highest BCUT2D eigenvalue weighted by molar-refractivity contribution is 5.93. The molecule has 3 heterocycles. The topological polar surface area (TPSA) is 73.9 Å². The third kappa shape index (κ3) is 5.39. The van der Waals surface area contributed by atoms with Gasteiger partial charge in [-0.2, -0.15) is 0 Å². The van der Waals surface area contributed by atoms with Gasteiger partial charge in [0.1, 0.15) is 5.82 Å². The van der Waals surface area contributed by atoms with Gasteiger partial charge in [0.15, 0.2) is 0 Å². The van der Waals surface area contributed by atoms with Gasteiger partial charge < -0.3 is 10.3 Å². The van der Waals surface area contributed by atoms with E-state index in [0.29, 0.717) is 11.5 Å². The normalized spacial score (nSPS) is 18.0. The molecule has 26 heavy (non-hydrogen) atoms.